The quantitative estimate of drug-likeness (QED) is 0.405. The minimum atomic E-state index is -0.250. The van der Waals surface area contributed by atoms with Gasteiger partial charge in [-0.25, -0.2) is 4.98 Å². The molecular weight excluding hydrogens is 459 g/mol. The number of amides is 1. The summed E-state index contributed by atoms with van der Waals surface area (Å²) in [7, 11) is 0. The molecule has 170 valence electrons. The number of nitrogens with zero attached hydrogens (tertiary/aromatic N) is 2. The van der Waals surface area contributed by atoms with E-state index in [0.29, 0.717) is 48.1 Å². The van der Waals surface area contributed by atoms with Crippen molar-refractivity contribution in [2.75, 3.05) is 6.54 Å². The zero-order valence-electron chi connectivity index (χ0n) is 18.7. The number of carbonyl (C=O) groups is 2. The fourth-order valence-corrected chi connectivity index (χ4v) is 4.78. The molecule has 0 aliphatic carbocycles. The summed E-state index contributed by atoms with van der Waals surface area (Å²) in [5.74, 6) is 0.0293. The number of benzene rings is 2. The van der Waals surface area contributed by atoms with Gasteiger partial charge in [-0.05, 0) is 56.0 Å². The molecule has 3 aromatic rings. The minimum Gasteiger partial charge on any atom is -0.473 e. The maximum atomic E-state index is 13.4. The average molecular weight is 483 g/mol. The summed E-state index contributed by atoms with van der Waals surface area (Å²) < 4.78 is 6.08. The summed E-state index contributed by atoms with van der Waals surface area (Å²) in [5, 5.41) is 0.559. The Morgan fingerprint density at radius 3 is 2.58 bits per heavy atom. The predicted octanol–water partition coefficient (Wildman–Crippen LogP) is 5.99. The van der Waals surface area contributed by atoms with Crippen LogP contribution in [0.1, 0.15) is 55.6 Å². The molecule has 1 amide bonds. The number of aryl methyl sites for hydroxylation is 2. The Balaban J connectivity index is 1.65. The van der Waals surface area contributed by atoms with E-state index in [4.69, 9.17) is 27.9 Å². The molecule has 1 aliphatic heterocycles. The van der Waals surface area contributed by atoms with Crippen molar-refractivity contribution in [3.05, 3.63) is 91.6 Å². The molecule has 0 radical (unpaired) electrons. The number of halogens is 2. The van der Waals surface area contributed by atoms with Gasteiger partial charge in [-0.3, -0.25) is 9.59 Å². The zero-order valence-corrected chi connectivity index (χ0v) is 20.3. The highest BCUT2D eigenvalue weighted by molar-refractivity contribution is 6.39. The maximum Gasteiger partial charge on any atom is 0.256 e. The van der Waals surface area contributed by atoms with Crippen molar-refractivity contribution in [2.45, 2.75) is 40.3 Å². The Morgan fingerprint density at radius 2 is 1.88 bits per heavy atom. The summed E-state index contributed by atoms with van der Waals surface area (Å²) in [5.41, 5.74) is 4.97. The molecule has 0 atom stereocenters. The van der Waals surface area contributed by atoms with Crippen LogP contribution >= 0.6 is 23.2 Å². The van der Waals surface area contributed by atoms with Gasteiger partial charge in [0.2, 0.25) is 5.88 Å². The number of ketones is 1. The van der Waals surface area contributed by atoms with Gasteiger partial charge in [-0.2, -0.15) is 0 Å². The van der Waals surface area contributed by atoms with Crippen LogP contribution in [0, 0.1) is 13.8 Å². The fourth-order valence-electron chi connectivity index (χ4n) is 4.10. The van der Waals surface area contributed by atoms with Crippen LogP contribution in [0.4, 0.5) is 0 Å². The van der Waals surface area contributed by atoms with E-state index in [0.717, 1.165) is 22.4 Å². The van der Waals surface area contributed by atoms with Crippen molar-refractivity contribution in [1.29, 1.82) is 0 Å². The van der Waals surface area contributed by atoms with Gasteiger partial charge in [0.05, 0.1) is 17.1 Å². The number of ether oxygens (including phenoxy) is 1. The first-order chi connectivity index (χ1) is 15.8. The maximum absolute atomic E-state index is 13.4. The highest BCUT2D eigenvalue weighted by atomic mass is 35.5. The van der Waals surface area contributed by atoms with Gasteiger partial charge < -0.3 is 9.64 Å². The molecule has 0 N–H and O–H groups in total. The molecule has 1 aromatic heterocycles. The average Bonchev–Trinajstić information content (AvgIpc) is 2.78. The summed E-state index contributed by atoms with van der Waals surface area (Å²) in [4.78, 5) is 31.8. The van der Waals surface area contributed by atoms with Crippen LogP contribution in [-0.4, -0.2) is 28.1 Å². The van der Waals surface area contributed by atoms with Crippen molar-refractivity contribution < 1.29 is 14.3 Å². The van der Waals surface area contributed by atoms with Crippen molar-refractivity contribution in [3.63, 3.8) is 0 Å². The molecule has 0 bridgehead atoms. The van der Waals surface area contributed by atoms with Crippen molar-refractivity contribution in [3.8, 4) is 5.88 Å². The molecule has 0 fully saturated rings. The number of pyridine rings is 1. The molecular formula is C26H24Cl2N2O3. The fraction of sp³-hybridized carbons (Fsp3) is 0.269. The van der Waals surface area contributed by atoms with Gasteiger partial charge in [0.15, 0.2) is 5.78 Å². The third kappa shape index (κ3) is 4.75. The number of fused-ring (bicyclic) bond motifs is 1. The zero-order chi connectivity index (χ0) is 23.7. The third-order valence-electron chi connectivity index (χ3n) is 5.83. The van der Waals surface area contributed by atoms with E-state index in [1.165, 1.54) is 6.92 Å². The van der Waals surface area contributed by atoms with E-state index in [1.807, 2.05) is 50.2 Å². The number of rotatable bonds is 6. The van der Waals surface area contributed by atoms with E-state index in [-0.39, 0.29) is 22.3 Å². The van der Waals surface area contributed by atoms with Crippen molar-refractivity contribution in [2.24, 2.45) is 0 Å². The summed E-state index contributed by atoms with van der Waals surface area (Å²) in [6.45, 7) is 6.49. The van der Waals surface area contributed by atoms with Crippen LogP contribution in [0.25, 0.3) is 0 Å². The lowest BCUT2D eigenvalue weighted by Crippen LogP contribution is -2.38. The summed E-state index contributed by atoms with van der Waals surface area (Å²) in [6, 6.07) is 13.4. The van der Waals surface area contributed by atoms with Crippen LogP contribution in [0.15, 0.2) is 42.5 Å². The lowest BCUT2D eigenvalue weighted by atomic mass is 9.94. The van der Waals surface area contributed by atoms with Gasteiger partial charge in [0.25, 0.3) is 5.91 Å². The van der Waals surface area contributed by atoms with E-state index in [2.05, 4.69) is 4.98 Å². The van der Waals surface area contributed by atoms with Crippen molar-refractivity contribution >= 4 is 34.9 Å². The van der Waals surface area contributed by atoms with E-state index >= 15 is 0 Å². The molecule has 0 spiro atoms. The Morgan fingerprint density at radius 1 is 1.15 bits per heavy atom. The first-order valence-corrected chi connectivity index (χ1v) is 11.5. The second kappa shape index (κ2) is 9.54. The van der Waals surface area contributed by atoms with Gasteiger partial charge in [0, 0.05) is 28.4 Å². The Hall–Kier alpha value is -2.89. The van der Waals surface area contributed by atoms with Crippen LogP contribution in [0.5, 0.6) is 5.88 Å². The second-order valence-corrected chi connectivity index (χ2v) is 9.03. The lowest BCUT2D eigenvalue weighted by Gasteiger charge is -2.31. The molecule has 7 heteroatoms. The molecule has 33 heavy (non-hydrogen) atoms. The number of Topliss-reactive ketones (excluding diaryl/α,β-unsaturated/α-hetero) is 1. The molecule has 0 saturated heterocycles. The Kier molecular flexibility index (Phi) is 6.73. The summed E-state index contributed by atoms with van der Waals surface area (Å²) in [6.07, 6.45) is 0.552. The Labute approximate surface area is 203 Å². The molecule has 4 rings (SSSR count). The molecule has 2 heterocycles. The van der Waals surface area contributed by atoms with E-state index in [9.17, 15) is 9.59 Å². The number of hydrogen-bond donors (Lipinski definition) is 0. The van der Waals surface area contributed by atoms with Crippen LogP contribution < -0.4 is 4.74 Å². The highest BCUT2D eigenvalue weighted by Crippen LogP contribution is 2.36. The van der Waals surface area contributed by atoms with E-state index in [1.54, 1.807) is 11.0 Å². The molecule has 5 nitrogen and oxygen atoms in total. The number of aromatic nitrogens is 1. The minimum absolute atomic E-state index is 0.163. The largest absolute Gasteiger partial charge is 0.473 e. The first-order valence-electron chi connectivity index (χ1n) is 10.7. The molecule has 0 saturated carbocycles. The monoisotopic (exact) mass is 482 g/mol. The molecule has 0 unspecified atom stereocenters. The van der Waals surface area contributed by atoms with Crippen LogP contribution in [0.2, 0.25) is 10.0 Å². The van der Waals surface area contributed by atoms with Gasteiger partial charge in [-0.15, -0.1) is 0 Å². The van der Waals surface area contributed by atoms with Crippen LogP contribution in [-0.2, 0) is 19.6 Å². The lowest BCUT2D eigenvalue weighted by molar-refractivity contribution is 0.0725. The van der Waals surface area contributed by atoms with Gasteiger partial charge in [-0.1, -0.05) is 53.5 Å². The first kappa shape index (κ1) is 23.3. The smallest absolute Gasteiger partial charge is 0.256 e. The number of hydrogen-bond acceptors (Lipinski definition) is 4. The van der Waals surface area contributed by atoms with E-state index < -0.39 is 0 Å². The number of carbonyl (C=O) groups excluding carboxylic acids is 2. The molecule has 1 aliphatic rings. The van der Waals surface area contributed by atoms with Crippen molar-refractivity contribution in [1.82, 2.24) is 9.88 Å². The third-order valence-corrected chi connectivity index (χ3v) is 6.56. The second-order valence-electron chi connectivity index (χ2n) is 8.24. The normalized spacial score (nSPS) is 13.1. The SMILES string of the molecule is CC(=O)c1cc(Cl)c2c(c1Cl)C(=O)N(Cc1c(C)cc(C)nc1OCc1ccccc1)CC2. The van der Waals surface area contributed by atoms with Gasteiger partial charge in [0.1, 0.15) is 6.61 Å². The van der Waals surface area contributed by atoms with Gasteiger partial charge >= 0.3 is 0 Å². The topological polar surface area (TPSA) is 59.5 Å². The predicted molar refractivity (Wildman–Crippen MR) is 129 cm³/mol. The standard InChI is InChI=1S/C26H24Cl2N2O3/c1-15-11-16(2)29-25(33-14-18-7-5-4-6-8-18)21(15)13-30-10-9-19-22(27)12-20(17(3)31)24(28)23(19)26(30)32/h4-8,11-12H,9-10,13-14H2,1-3H3. The Bertz CT molecular complexity index is 1240. The van der Waals surface area contributed by atoms with Crippen LogP contribution in [0.3, 0.4) is 0 Å². The summed E-state index contributed by atoms with van der Waals surface area (Å²) >= 11 is 12.9. The molecule has 2 aromatic carbocycles. The highest BCUT2D eigenvalue weighted by Gasteiger charge is 2.31.